The molecule has 0 bridgehead atoms. The molecule has 0 aliphatic heterocycles. The molecule has 0 heterocycles. The molecule has 0 unspecified atom stereocenters. The average Bonchev–Trinajstić information content (AvgIpc) is 3.45. The minimum absolute atomic E-state index is 0. The summed E-state index contributed by atoms with van der Waals surface area (Å²) in [5, 5.41) is 24.1. The van der Waals surface area contributed by atoms with Crippen molar-refractivity contribution in [2.45, 2.75) is 57.8 Å². The van der Waals surface area contributed by atoms with E-state index in [1.165, 1.54) is 102 Å². The molecule has 0 aromatic rings. The number of halogens is 6. The first-order chi connectivity index (χ1) is 13.2. The summed E-state index contributed by atoms with van der Waals surface area (Å²) in [6, 6.07) is 6.39. The van der Waals surface area contributed by atoms with Gasteiger partial charge in [-0.25, -0.2) is 0 Å². The third-order valence-electron chi connectivity index (χ3n) is 3.23. The van der Waals surface area contributed by atoms with Crippen molar-refractivity contribution < 1.29 is 33.9 Å². The number of hydrogen-bond donors (Lipinski definition) is 0. The van der Waals surface area contributed by atoms with Crippen LogP contribution in [0.25, 0.3) is 0 Å². The van der Waals surface area contributed by atoms with Crippen LogP contribution in [0.5, 0.6) is 0 Å². The zero-order chi connectivity index (χ0) is 22.4. The first kappa shape index (κ1) is 41.0. The fraction of sp³-hybridized carbons (Fsp3) is 0.800. The van der Waals surface area contributed by atoms with Crippen molar-refractivity contribution in [2.75, 3.05) is 0 Å². The van der Waals surface area contributed by atoms with Crippen LogP contribution >= 0.6 is 56.5 Å². The van der Waals surface area contributed by atoms with Crippen LogP contribution in [0.15, 0.2) is 0 Å². The van der Waals surface area contributed by atoms with Crippen molar-refractivity contribution in [1.82, 2.24) is 0 Å². The normalized spacial score (nSPS) is 16.0. The second kappa shape index (κ2) is 30.8. The van der Waals surface area contributed by atoms with Crippen molar-refractivity contribution in [3.63, 3.8) is 0 Å². The summed E-state index contributed by atoms with van der Waals surface area (Å²) in [7, 11) is 29.8. The second-order valence-electron chi connectivity index (χ2n) is 5.73. The summed E-state index contributed by atoms with van der Waals surface area (Å²) in [6.07, 6.45) is 10.2. The van der Waals surface area contributed by atoms with Crippen LogP contribution in [0.1, 0.15) is 57.8 Å². The minimum atomic E-state index is -3.06. The molecule has 3 fully saturated rings. The SMILES string of the molecule is N#CCC1CC1.N#CCC1CC1.N#CCC1CC1.O.[Cl][Pt]([Cl])([Cl])[Cl].[Cl][Pt][Cl].[K][K]. The van der Waals surface area contributed by atoms with E-state index in [0.29, 0.717) is 0 Å². The van der Waals surface area contributed by atoms with Crippen molar-refractivity contribution >= 4 is 120 Å². The topological polar surface area (TPSA) is 103 Å². The molecule has 0 aromatic carbocycles. The molecule has 2 N–H and O–H groups in total. The summed E-state index contributed by atoms with van der Waals surface area (Å²) in [6.45, 7) is 0. The number of rotatable bonds is 3. The van der Waals surface area contributed by atoms with Gasteiger partial charge in [0.25, 0.3) is 0 Å². The van der Waals surface area contributed by atoms with E-state index in [4.69, 9.17) is 72.3 Å². The van der Waals surface area contributed by atoms with Crippen LogP contribution in [0, 0.1) is 51.7 Å². The Morgan fingerprint density at radius 1 is 0.690 bits per heavy atom. The van der Waals surface area contributed by atoms with Crippen LogP contribution in [0.4, 0.5) is 0 Å². The van der Waals surface area contributed by atoms with Crippen molar-refractivity contribution in [3.8, 4) is 18.2 Å². The molecule has 0 saturated heterocycles. The Kier molecular flexibility index (Phi) is 43.6. The van der Waals surface area contributed by atoms with Crippen LogP contribution < -0.4 is 0 Å². The molecule has 4 nitrogen and oxygen atoms in total. The van der Waals surface area contributed by atoms with E-state index in [1.54, 1.807) is 0 Å². The Bertz CT molecular complexity index is 412. The number of nitriles is 3. The van der Waals surface area contributed by atoms with Gasteiger partial charge in [-0.3, -0.25) is 0 Å². The zero-order valence-electron chi connectivity index (χ0n) is 16.3. The molecule has 0 atom stereocenters. The standard InChI is InChI=1S/3C5H7N.6ClH.2K.H2O.2Pt/c3*6-4-3-5-1-2-5;;;;;;;;;;;/h3*5H,1-3H2;6*1H;;;1H2;;/q;;;;;;;;;;;;+2;+4/p-6. The number of nitrogens with zero attached hydrogens (tertiary/aromatic N) is 3. The molecular weight excluding hydrogens is 919 g/mol. The molecule has 3 aliphatic carbocycles. The Morgan fingerprint density at radius 2 is 0.828 bits per heavy atom. The average molecular weight is 942 g/mol. The summed E-state index contributed by atoms with van der Waals surface area (Å²) in [5.74, 6) is 2.36. The fourth-order valence-electron chi connectivity index (χ4n) is 1.35. The molecular formula is C15H23Cl6K2N3OPt2. The third-order valence-corrected chi connectivity index (χ3v) is 3.23. The van der Waals surface area contributed by atoms with E-state index in [-0.39, 0.29) is 5.48 Å². The maximum absolute atomic E-state index is 8.03. The molecule has 0 spiro atoms. The van der Waals surface area contributed by atoms with E-state index in [9.17, 15) is 0 Å². The maximum atomic E-state index is 8.03. The first-order valence-electron chi connectivity index (χ1n) is 8.62. The van der Waals surface area contributed by atoms with Gasteiger partial charge in [0.1, 0.15) is 0 Å². The van der Waals surface area contributed by atoms with Gasteiger partial charge in [-0.1, -0.05) is 0 Å². The van der Waals surface area contributed by atoms with Gasteiger partial charge in [-0.15, -0.1) is 0 Å². The monoisotopic (exact) mass is 939 g/mol. The zero-order valence-corrected chi connectivity index (χ0v) is 31.7. The predicted octanol–water partition coefficient (Wildman–Crippen LogP) is 6.48. The Morgan fingerprint density at radius 3 is 0.862 bits per heavy atom. The van der Waals surface area contributed by atoms with Gasteiger partial charge in [-0.05, 0) is 56.3 Å². The molecule has 3 aliphatic rings. The molecule has 3 rings (SSSR count). The predicted molar refractivity (Wildman–Crippen MR) is 119 cm³/mol. The van der Waals surface area contributed by atoms with Gasteiger partial charge < -0.3 is 5.48 Å². The van der Waals surface area contributed by atoms with Crippen LogP contribution in [0.3, 0.4) is 0 Å². The van der Waals surface area contributed by atoms with E-state index in [0.717, 1.165) is 37.0 Å². The fourth-order valence-corrected chi connectivity index (χ4v) is 1.35. The van der Waals surface area contributed by atoms with Crippen molar-refractivity contribution in [2.24, 2.45) is 17.8 Å². The van der Waals surface area contributed by atoms with Gasteiger partial charge >= 0.3 is 148 Å². The van der Waals surface area contributed by atoms with Crippen LogP contribution in [0.2, 0.25) is 0 Å². The van der Waals surface area contributed by atoms with E-state index in [2.05, 4.69) is 18.2 Å². The van der Waals surface area contributed by atoms with Crippen LogP contribution in [-0.2, 0) is 28.4 Å². The molecule has 0 radical (unpaired) electrons. The van der Waals surface area contributed by atoms with Gasteiger partial charge in [-0.2, -0.15) is 15.8 Å². The Balaban J connectivity index is -0.000000133. The summed E-state index contributed by atoms with van der Waals surface area (Å²) >= 11 is -1.03. The second-order valence-corrected chi connectivity index (χ2v) is 28.7. The van der Waals surface area contributed by atoms with E-state index in [1.807, 2.05) is 0 Å². The van der Waals surface area contributed by atoms with Crippen molar-refractivity contribution in [3.05, 3.63) is 0 Å². The summed E-state index contributed by atoms with van der Waals surface area (Å²) in [5.41, 5.74) is 0. The first-order valence-corrected chi connectivity index (χ1v) is 41.5. The van der Waals surface area contributed by atoms with E-state index >= 15 is 0 Å². The van der Waals surface area contributed by atoms with E-state index < -0.39 is 28.4 Å². The molecule has 14 heteroatoms. The molecule has 0 amide bonds. The van der Waals surface area contributed by atoms with Gasteiger partial charge in [0.2, 0.25) is 0 Å². The molecule has 168 valence electrons. The third kappa shape index (κ3) is 59.9. The van der Waals surface area contributed by atoms with Gasteiger partial charge in [0.05, 0.1) is 18.2 Å². The van der Waals surface area contributed by atoms with Gasteiger partial charge in [0, 0.05) is 19.3 Å². The van der Waals surface area contributed by atoms with Crippen molar-refractivity contribution in [1.29, 1.82) is 15.8 Å². The van der Waals surface area contributed by atoms with Gasteiger partial charge in [0.15, 0.2) is 0 Å². The quantitative estimate of drug-likeness (QED) is 0.303. The molecule has 0 aromatic heterocycles. The molecule has 3 saturated carbocycles. The van der Waals surface area contributed by atoms with Crippen LogP contribution in [-0.4, -0.2) is 68.6 Å². The Hall–Kier alpha value is 4.82. The summed E-state index contributed by atoms with van der Waals surface area (Å²) in [4.78, 5) is 0. The Labute approximate surface area is 256 Å². The summed E-state index contributed by atoms with van der Waals surface area (Å²) < 4.78 is 0. The number of hydrogen-bond acceptors (Lipinski definition) is 3. The molecule has 29 heavy (non-hydrogen) atoms.